The second kappa shape index (κ2) is 8.64. The fourth-order valence-electron chi connectivity index (χ4n) is 4.49. The highest BCUT2D eigenvalue weighted by Crippen LogP contribution is 2.33. The number of benzene rings is 1. The number of H-pyrrole nitrogens is 1. The first-order valence-electron chi connectivity index (χ1n) is 10.4. The Morgan fingerprint density at radius 2 is 1.90 bits per heavy atom. The molecule has 2 aliphatic rings. The first kappa shape index (κ1) is 21.3. The van der Waals surface area contributed by atoms with E-state index in [2.05, 4.69) is 32.2 Å². The zero-order chi connectivity index (χ0) is 21.3. The molecule has 2 N–H and O–H groups in total. The number of nitrogens with zero attached hydrogens (tertiary/aromatic N) is 3. The molecule has 2 saturated heterocycles. The lowest BCUT2D eigenvalue weighted by atomic mass is 9.96. The highest BCUT2D eigenvalue weighted by atomic mass is 19.4. The fraction of sp³-hybridized carbons (Fsp3) is 0.571. The van der Waals surface area contributed by atoms with E-state index in [0.717, 1.165) is 36.5 Å². The summed E-state index contributed by atoms with van der Waals surface area (Å²) >= 11 is 0. The van der Waals surface area contributed by atoms with Gasteiger partial charge in [-0.05, 0) is 44.0 Å². The van der Waals surface area contributed by atoms with Gasteiger partial charge in [0.25, 0.3) is 0 Å². The Kier molecular flexibility index (Phi) is 6.13. The van der Waals surface area contributed by atoms with Crippen molar-refractivity contribution < 1.29 is 17.6 Å². The number of aromatic nitrogens is 2. The molecule has 9 heteroatoms. The summed E-state index contributed by atoms with van der Waals surface area (Å²) in [6, 6.07) is 6.59. The van der Waals surface area contributed by atoms with Gasteiger partial charge in [-0.3, -0.25) is 14.9 Å². The highest BCUT2D eigenvalue weighted by Gasteiger charge is 2.42. The van der Waals surface area contributed by atoms with Crippen LogP contribution in [0.15, 0.2) is 30.5 Å². The van der Waals surface area contributed by atoms with Crippen LogP contribution < -0.4 is 5.32 Å². The number of halogens is 4. The number of piperazine rings is 1. The van der Waals surface area contributed by atoms with Crippen molar-refractivity contribution in [1.29, 1.82) is 0 Å². The van der Waals surface area contributed by atoms with Crippen LogP contribution in [0.1, 0.15) is 25.3 Å². The van der Waals surface area contributed by atoms with Gasteiger partial charge in [0.1, 0.15) is 5.82 Å². The van der Waals surface area contributed by atoms with Gasteiger partial charge in [-0.2, -0.15) is 18.3 Å². The Labute approximate surface area is 173 Å². The highest BCUT2D eigenvalue weighted by molar-refractivity contribution is 5.62. The molecule has 0 saturated carbocycles. The smallest absolute Gasteiger partial charge is 0.301 e. The van der Waals surface area contributed by atoms with E-state index in [0.29, 0.717) is 13.0 Å². The Balaban J connectivity index is 1.34. The molecule has 3 heterocycles. The average molecular weight is 425 g/mol. The van der Waals surface area contributed by atoms with Gasteiger partial charge in [-0.15, -0.1) is 0 Å². The molecule has 1 aromatic carbocycles. The molecule has 0 spiro atoms. The van der Waals surface area contributed by atoms with Crippen LogP contribution in [0.2, 0.25) is 0 Å². The number of alkyl halides is 3. The summed E-state index contributed by atoms with van der Waals surface area (Å²) in [5.41, 5.74) is 2.82. The van der Waals surface area contributed by atoms with Gasteiger partial charge in [0.05, 0.1) is 24.0 Å². The summed E-state index contributed by atoms with van der Waals surface area (Å²) in [6.45, 7) is 5.30. The summed E-state index contributed by atoms with van der Waals surface area (Å²) in [5, 5.41) is 10.3. The van der Waals surface area contributed by atoms with E-state index in [1.807, 2.05) is 0 Å². The summed E-state index contributed by atoms with van der Waals surface area (Å²) in [5.74, 6) is -1.51. The predicted molar refractivity (Wildman–Crippen MR) is 106 cm³/mol. The van der Waals surface area contributed by atoms with Crippen molar-refractivity contribution in [3.63, 3.8) is 0 Å². The minimum atomic E-state index is -4.11. The number of rotatable bonds is 4. The fourth-order valence-corrected chi connectivity index (χ4v) is 4.49. The normalized spacial score (nSPS) is 26.8. The SMILES string of the molecule is CC1CN(C2CCC(C(F)(F)F)CN2)CCN1Cc1cn[nH]c1-c1ccc(F)cc1. The monoisotopic (exact) mass is 425 g/mol. The molecule has 164 valence electrons. The minimum Gasteiger partial charge on any atom is -0.301 e. The van der Waals surface area contributed by atoms with Gasteiger partial charge in [0.15, 0.2) is 0 Å². The van der Waals surface area contributed by atoms with Crippen molar-refractivity contribution in [1.82, 2.24) is 25.3 Å². The molecule has 0 aliphatic carbocycles. The van der Waals surface area contributed by atoms with Gasteiger partial charge in [0, 0.05) is 49.9 Å². The molecule has 30 heavy (non-hydrogen) atoms. The molecule has 0 bridgehead atoms. The second-order valence-corrected chi connectivity index (χ2v) is 8.33. The van der Waals surface area contributed by atoms with Gasteiger partial charge >= 0.3 is 6.18 Å². The average Bonchev–Trinajstić information content (AvgIpc) is 3.18. The summed E-state index contributed by atoms with van der Waals surface area (Å²) in [6.07, 6.45) is -1.59. The number of hydrogen-bond donors (Lipinski definition) is 2. The van der Waals surface area contributed by atoms with Crippen molar-refractivity contribution in [3.05, 3.63) is 41.8 Å². The maximum absolute atomic E-state index is 13.2. The van der Waals surface area contributed by atoms with Gasteiger partial charge in [0.2, 0.25) is 0 Å². The third kappa shape index (κ3) is 4.68. The van der Waals surface area contributed by atoms with Crippen molar-refractivity contribution >= 4 is 0 Å². The molecule has 1 aromatic heterocycles. The molecule has 4 rings (SSSR count). The number of hydrogen-bond acceptors (Lipinski definition) is 4. The van der Waals surface area contributed by atoms with Gasteiger partial charge in [-0.1, -0.05) is 0 Å². The van der Waals surface area contributed by atoms with E-state index in [-0.39, 0.29) is 31.0 Å². The molecule has 3 unspecified atom stereocenters. The lowest BCUT2D eigenvalue weighted by Crippen LogP contribution is -2.60. The Morgan fingerprint density at radius 3 is 2.53 bits per heavy atom. The third-order valence-corrected chi connectivity index (χ3v) is 6.31. The van der Waals surface area contributed by atoms with E-state index in [4.69, 9.17) is 0 Å². The number of aromatic amines is 1. The third-order valence-electron chi connectivity index (χ3n) is 6.31. The topological polar surface area (TPSA) is 47.2 Å². The Morgan fingerprint density at radius 1 is 1.13 bits per heavy atom. The zero-order valence-electron chi connectivity index (χ0n) is 16.9. The van der Waals surface area contributed by atoms with Crippen LogP contribution in [0.4, 0.5) is 17.6 Å². The zero-order valence-corrected chi connectivity index (χ0v) is 16.9. The van der Waals surface area contributed by atoms with Crippen LogP contribution in [-0.4, -0.2) is 64.6 Å². The van der Waals surface area contributed by atoms with Crippen LogP contribution in [0.3, 0.4) is 0 Å². The van der Waals surface area contributed by atoms with Crippen LogP contribution in [0, 0.1) is 11.7 Å². The predicted octanol–water partition coefficient (Wildman–Crippen LogP) is 3.61. The van der Waals surface area contributed by atoms with Crippen molar-refractivity contribution in [2.45, 2.75) is 44.7 Å². The molecule has 2 aromatic rings. The van der Waals surface area contributed by atoms with Crippen LogP contribution in [-0.2, 0) is 6.54 Å². The van der Waals surface area contributed by atoms with Gasteiger partial charge < -0.3 is 5.32 Å². The largest absolute Gasteiger partial charge is 0.393 e. The molecule has 2 fully saturated rings. The first-order valence-corrected chi connectivity index (χ1v) is 10.4. The summed E-state index contributed by atoms with van der Waals surface area (Å²) < 4.78 is 51.9. The molecule has 0 amide bonds. The van der Waals surface area contributed by atoms with E-state index in [1.54, 1.807) is 18.3 Å². The number of piperidine rings is 1. The Bertz CT molecular complexity index is 827. The number of nitrogens with one attached hydrogen (secondary N) is 2. The first-order chi connectivity index (χ1) is 14.3. The molecular weight excluding hydrogens is 398 g/mol. The lowest BCUT2D eigenvalue weighted by Gasteiger charge is -2.45. The molecule has 5 nitrogen and oxygen atoms in total. The van der Waals surface area contributed by atoms with E-state index in [1.165, 1.54) is 12.1 Å². The lowest BCUT2D eigenvalue weighted by molar-refractivity contribution is -0.182. The van der Waals surface area contributed by atoms with Crippen LogP contribution in [0.25, 0.3) is 11.3 Å². The molecule has 0 radical (unpaired) electrons. The van der Waals surface area contributed by atoms with E-state index < -0.39 is 12.1 Å². The molecule has 3 atom stereocenters. The summed E-state index contributed by atoms with van der Waals surface area (Å²) in [4.78, 5) is 4.62. The second-order valence-electron chi connectivity index (χ2n) is 8.33. The van der Waals surface area contributed by atoms with Crippen LogP contribution in [0.5, 0.6) is 0 Å². The minimum absolute atomic E-state index is 0.00118. The van der Waals surface area contributed by atoms with E-state index >= 15 is 0 Å². The maximum Gasteiger partial charge on any atom is 0.393 e. The van der Waals surface area contributed by atoms with Gasteiger partial charge in [-0.25, -0.2) is 4.39 Å². The quantitative estimate of drug-likeness (QED) is 0.735. The van der Waals surface area contributed by atoms with Crippen molar-refractivity contribution in [2.24, 2.45) is 5.92 Å². The molecule has 2 aliphatic heterocycles. The standard InChI is InChI=1S/C21H27F4N5/c1-14-12-30(19-7-4-17(11-26-19)21(23,24)25)9-8-29(14)13-16-10-27-28-20(16)15-2-5-18(22)6-3-15/h2-3,5-6,10,14,17,19,26H,4,7-9,11-13H2,1H3,(H,27,28). The van der Waals surface area contributed by atoms with Crippen molar-refractivity contribution in [3.8, 4) is 11.3 Å². The van der Waals surface area contributed by atoms with E-state index in [9.17, 15) is 17.6 Å². The van der Waals surface area contributed by atoms with Crippen molar-refractivity contribution in [2.75, 3.05) is 26.2 Å². The maximum atomic E-state index is 13.2. The Hall–Kier alpha value is -1.97. The summed E-state index contributed by atoms with van der Waals surface area (Å²) in [7, 11) is 0. The molecular formula is C21H27F4N5. The van der Waals surface area contributed by atoms with Crippen LogP contribution >= 0.6 is 0 Å².